The van der Waals surface area contributed by atoms with Gasteiger partial charge in [0.15, 0.2) is 0 Å². The molecule has 0 fully saturated rings. The van der Waals surface area contributed by atoms with Crippen molar-refractivity contribution in [1.82, 2.24) is 0 Å². The standard InChI is InChI=1S/C18H12N2O2/c21-19-17-9-5-15(6-10-17)13-1-2-14(4-3-13)16-7-11-18(20-22)12-8-16/h1-12H. The van der Waals surface area contributed by atoms with Crippen molar-refractivity contribution in [1.29, 1.82) is 0 Å². The van der Waals surface area contributed by atoms with Crippen molar-refractivity contribution in [3.05, 3.63) is 82.6 Å². The average molecular weight is 288 g/mol. The zero-order valence-electron chi connectivity index (χ0n) is 11.6. The summed E-state index contributed by atoms with van der Waals surface area (Å²) < 4.78 is 0. The maximum atomic E-state index is 10.4. The van der Waals surface area contributed by atoms with E-state index in [1.165, 1.54) is 0 Å². The molecular formula is C18H12N2O2. The molecule has 3 rings (SSSR count). The van der Waals surface area contributed by atoms with E-state index >= 15 is 0 Å². The number of hydrogen-bond acceptors (Lipinski definition) is 4. The third kappa shape index (κ3) is 2.81. The molecule has 3 aromatic rings. The van der Waals surface area contributed by atoms with E-state index in [1.807, 2.05) is 48.5 Å². The molecule has 0 spiro atoms. The molecule has 0 atom stereocenters. The van der Waals surface area contributed by atoms with Crippen LogP contribution in [0.15, 0.2) is 83.2 Å². The largest absolute Gasteiger partial charge is 0.145 e. The van der Waals surface area contributed by atoms with Crippen LogP contribution in [0, 0.1) is 9.81 Å². The number of rotatable bonds is 4. The highest BCUT2D eigenvalue weighted by molar-refractivity contribution is 5.71. The number of nitrogens with zero attached hydrogens (tertiary/aromatic N) is 2. The second-order valence-electron chi connectivity index (χ2n) is 4.85. The van der Waals surface area contributed by atoms with E-state index in [0.717, 1.165) is 22.3 Å². The topological polar surface area (TPSA) is 58.9 Å². The molecule has 0 heterocycles. The molecule has 0 aliphatic rings. The van der Waals surface area contributed by atoms with Crippen molar-refractivity contribution < 1.29 is 0 Å². The molecular weight excluding hydrogens is 276 g/mol. The minimum atomic E-state index is 0.421. The van der Waals surface area contributed by atoms with Crippen LogP contribution in [0.4, 0.5) is 11.4 Å². The van der Waals surface area contributed by atoms with Gasteiger partial charge in [0.1, 0.15) is 11.4 Å². The van der Waals surface area contributed by atoms with Gasteiger partial charge in [0, 0.05) is 0 Å². The Bertz CT molecular complexity index is 722. The summed E-state index contributed by atoms with van der Waals surface area (Å²) in [6.45, 7) is 0. The van der Waals surface area contributed by atoms with Gasteiger partial charge in [0.25, 0.3) is 0 Å². The Kier molecular flexibility index (Phi) is 3.83. The van der Waals surface area contributed by atoms with E-state index in [4.69, 9.17) is 0 Å². The van der Waals surface area contributed by atoms with Gasteiger partial charge >= 0.3 is 0 Å². The first-order chi connectivity index (χ1) is 10.8. The third-order valence-corrected chi connectivity index (χ3v) is 3.50. The van der Waals surface area contributed by atoms with Gasteiger partial charge in [-0.25, -0.2) is 0 Å². The summed E-state index contributed by atoms with van der Waals surface area (Å²) in [4.78, 5) is 20.9. The highest BCUT2D eigenvalue weighted by atomic mass is 16.3. The van der Waals surface area contributed by atoms with E-state index in [-0.39, 0.29) is 0 Å². The van der Waals surface area contributed by atoms with Crippen molar-refractivity contribution in [2.45, 2.75) is 0 Å². The van der Waals surface area contributed by atoms with E-state index in [9.17, 15) is 9.81 Å². The lowest BCUT2D eigenvalue weighted by atomic mass is 10.00. The predicted octanol–water partition coefficient (Wildman–Crippen LogP) is 5.82. The fourth-order valence-electron chi connectivity index (χ4n) is 2.28. The van der Waals surface area contributed by atoms with Crippen LogP contribution >= 0.6 is 0 Å². The summed E-state index contributed by atoms with van der Waals surface area (Å²) in [5.41, 5.74) is 5.02. The highest BCUT2D eigenvalue weighted by Crippen LogP contribution is 2.27. The van der Waals surface area contributed by atoms with E-state index in [2.05, 4.69) is 10.4 Å². The van der Waals surface area contributed by atoms with Crippen LogP contribution in [0.25, 0.3) is 22.3 Å². The Morgan fingerprint density at radius 3 is 0.864 bits per heavy atom. The first-order valence-corrected chi connectivity index (χ1v) is 6.78. The van der Waals surface area contributed by atoms with Crippen molar-refractivity contribution in [2.75, 3.05) is 0 Å². The summed E-state index contributed by atoms with van der Waals surface area (Å²) in [5, 5.41) is 5.79. The van der Waals surface area contributed by atoms with Gasteiger partial charge in [0.2, 0.25) is 0 Å². The molecule has 0 saturated heterocycles. The molecule has 22 heavy (non-hydrogen) atoms. The van der Waals surface area contributed by atoms with E-state index < -0.39 is 0 Å². The fourth-order valence-corrected chi connectivity index (χ4v) is 2.28. The summed E-state index contributed by atoms with van der Waals surface area (Å²) >= 11 is 0. The molecule has 0 aliphatic heterocycles. The second kappa shape index (κ2) is 6.10. The predicted molar refractivity (Wildman–Crippen MR) is 88.2 cm³/mol. The molecule has 106 valence electrons. The Labute approximate surface area is 127 Å². The van der Waals surface area contributed by atoms with Gasteiger partial charge in [-0.05, 0) is 56.9 Å². The van der Waals surface area contributed by atoms with Gasteiger partial charge in [-0.1, -0.05) is 48.5 Å². The molecule has 0 aromatic heterocycles. The molecule has 3 aromatic carbocycles. The maximum Gasteiger partial charge on any atom is 0.108 e. The molecule has 0 aliphatic carbocycles. The maximum absolute atomic E-state index is 10.4. The second-order valence-corrected chi connectivity index (χ2v) is 4.85. The summed E-state index contributed by atoms with van der Waals surface area (Å²) in [7, 11) is 0. The van der Waals surface area contributed by atoms with Crippen LogP contribution < -0.4 is 0 Å². The minimum Gasteiger partial charge on any atom is -0.145 e. The molecule has 0 unspecified atom stereocenters. The minimum absolute atomic E-state index is 0.421. The fraction of sp³-hybridized carbons (Fsp3) is 0. The first-order valence-electron chi connectivity index (χ1n) is 6.78. The molecule has 0 bridgehead atoms. The van der Waals surface area contributed by atoms with Crippen molar-refractivity contribution in [3.8, 4) is 22.3 Å². The first kappa shape index (κ1) is 13.8. The van der Waals surface area contributed by atoms with Gasteiger partial charge in [-0.3, -0.25) is 0 Å². The summed E-state index contributed by atoms with van der Waals surface area (Å²) in [5.74, 6) is 0. The van der Waals surface area contributed by atoms with E-state index in [1.54, 1.807) is 24.3 Å². The SMILES string of the molecule is O=Nc1ccc(-c2ccc(-c3ccc(N=O)cc3)cc2)cc1. The van der Waals surface area contributed by atoms with Crippen molar-refractivity contribution in [3.63, 3.8) is 0 Å². The van der Waals surface area contributed by atoms with Gasteiger partial charge < -0.3 is 0 Å². The van der Waals surface area contributed by atoms with Crippen molar-refractivity contribution in [2.24, 2.45) is 10.4 Å². The average Bonchev–Trinajstić information content (AvgIpc) is 2.62. The van der Waals surface area contributed by atoms with Gasteiger partial charge in [-0.15, -0.1) is 9.81 Å². The van der Waals surface area contributed by atoms with Crippen LogP contribution in [0.2, 0.25) is 0 Å². The molecule has 4 heteroatoms. The lowest BCUT2D eigenvalue weighted by Crippen LogP contribution is -1.80. The zero-order chi connectivity index (χ0) is 15.4. The van der Waals surface area contributed by atoms with Crippen LogP contribution in [0.3, 0.4) is 0 Å². The number of benzene rings is 3. The van der Waals surface area contributed by atoms with Crippen LogP contribution in [0.1, 0.15) is 0 Å². The molecule has 0 saturated carbocycles. The van der Waals surface area contributed by atoms with Gasteiger partial charge in [-0.2, -0.15) is 0 Å². The molecule has 0 N–H and O–H groups in total. The third-order valence-electron chi connectivity index (χ3n) is 3.50. The molecule has 0 amide bonds. The van der Waals surface area contributed by atoms with Gasteiger partial charge in [0.05, 0.1) is 0 Å². The van der Waals surface area contributed by atoms with Crippen LogP contribution in [0.5, 0.6) is 0 Å². The van der Waals surface area contributed by atoms with E-state index in [0.29, 0.717) is 11.4 Å². The number of nitroso groups, excluding NO2 is 2. The normalized spacial score (nSPS) is 10.2. The lowest BCUT2D eigenvalue weighted by Gasteiger charge is -2.05. The highest BCUT2D eigenvalue weighted by Gasteiger charge is 2.01. The smallest absolute Gasteiger partial charge is 0.108 e. The number of hydrogen-bond donors (Lipinski definition) is 0. The quantitative estimate of drug-likeness (QED) is 0.568. The summed E-state index contributed by atoms with van der Waals surface area (Å²) in [6.07, 6.45) is 0. The molecule has 4 nitrogen and oxygen atoms in total. The van der Waals surface area contributed by atoms with Crippen molar-refractivity contribution >= 4 is 11.4 Å². The molecule has 0 radical (unpaired) electrons. The Morgan fingerprint density at radius 1 is 0.409 bits per heavy atom. The lowest BCUT2D eigenvalue weighted by molar-refractivity contribution is 1.49. The Hall–Kier alpha value is -3.14. The Balaban J connectivity index is 1.87. The zero-order valence-corrected chi connectivity index (χ0v) is 11.6. The monoisotopic (exact) mass is 288 g/mol. The Morgan fingerprint density at radius 2 is 0.636 bits per heavy atom. The van der Waals surface area contributed by atoms with Crippen LogP contribution in [-0.2, 0) is 0 Å². The summed E-state index contributed by atoms with van der Waals surface area (Å²) in [6, 6.07) is 22.3. The van der Waals surface area contributed by atoms with Crippen LogP contribution in [-0.4, -0.2) is 0 Å².